The van der Waals surface area contributed by atoms with Crippen LogP contribution in [-0.2, 0) is 17.8 Å². The first-order valence-corrected chi connectivity index (χ1v) is 10.0. The van der Waals surface area contributed by atoms with Gasteiger partial charge in [-0.25, -0.2) is 9.18 Å². The van der Waals surface area contributed by atoms with E-state index in [1.54, 1.807) is 6.07 Å². The molecule has 1 amide bonds. The summed E-state index contributed by atoms with van der Waals surface area (Å²) in [4.78, 5) is 14.2. The second-order valence-corrected chi connectivity index (χ2v) is 8.37. The summed E-state index contributed by atoms with van der Waals surface area (Å²) in [5, 5.41) is 2.73. The lowest BCUT2D eigenvalue weighted by Crippen LogP contribution is -2.32. The number of hydrogen-bond acceptors (Lipinski definition) is 3. The number of carbonyl (C=O) groups excluding carboxylic acids is 1. The Labute approximate surface area is 172 Å². The van der Waals surface area contributed by atoms with Crippen molar-refractivity contribution in [2.75, 3.05) is 13.1 Å². The third kappa shape index (κ3) is 6.43. The van der Waals surface area contributed by atoms with Gasteiger partial charge in [0.15, 0.2) is 0 Å². The first kappa shape index (κ1) is 21.1. The Morgan fingerprint density at radius 1 is 1.14 bits per heavy atom. The smallest absolute Gasteiger partial charge is 0.407 e. The maximum atomic E-state index is 14.5. The highest BCUT2D eigenvalue weighted by atomic mass is 19.1. The van der Waals surface area contributed by atoms with E-state index in [1.807, 2.05) is 45.0 Å². The molecule has 29 heavy (non-hydrogen) atoms. The average Bonchev–Trinajstić information content (AvgIpc) is 2.68. The Morgan fingerprint density at radius 3 is 2.55 bits per heavy atom. The maximum Gasteiger partial charge on any atom is 0.407 e. The Bertz CT molecular complexity index is 872. The Balaban J connectivity index is 1.62. The van der Waals surface area contributed by atoms with E-state index in [2.05, 4.69) is 28.4 Å². The lowest BCUT2D eigenvalue weighted by atomic mass is 9.97. The molecule has 0 atom stereocenters. The molecule has 154 valence electrons. The molecule has 0 unspecified atom stereocenters. The molecule has 0 bridgehead atoms. The number of halogens is 1. The van der Waals surface area contributed by atoms with Crippen LogP contribution < -0.4 is 5.32 Å². The zero-order valence-corrected chi connectivity index (χ0v) is 17.4. The lowest BCUT2D eigenvalue weighted by molar-refractivity contribution is 0.0523. The van der Waals surface area contributed by atoms with Gasteiger partial charge in [0.1, 0.15) is 11.4 Å². The summed E-state index contributed by atoms with van der Waals surface area (Å²) in [6, 6.07) is 15.4. The van der Waals surface area contributed by atoms with Gasteiger partial charge in [0, 0.05) is 31.7 Å². The molecule has 0 saturated carbocycles. The van der Waals surface area contributed by atoms with Crippen LogP contribution in [0.1, 0.15) is 43.9 Å². The third-order valence-electron chi connectivity index (χ3n) is 4.75. The first-order valence-electron chi connectivity index (χ1n) is 10.0. The fourth-order valence-electron chi connectivity index (χ4n) is 3.36. The van der Waals surface area contributed by atoms with Crippen molar-refractivity contribution < 1.29 is 13.9 Å². The van der Waals surface area contributed by atoms with Crippen molar-refractivity contribution in [1.29, 1.82) is 0 Å². The van der Waals surface area contributed by atoms with Gasteiger partial charge in [-0.1, -0.05) is 42.5 Å². The van der Waals surface area contributed by atoms with Gasteiger partial charge >= 0.3 is 6.09 Å². The molecule has 1 N–H and O–H groups in total. The van der Waals surface area contributed by atoms with Crippen LogP contribution in [0.3, 0.4) is 0 Å². The SMILES string of the molecule is CC(C)(C)OC(=O)NCc1ccc(F)c(C2=CCN(Cc3ccccc3)CC2)c1. The highest BCUT2D eigenvalue weighted by molar-refractivity contribution is 5.69. The molecule has 1 aliphatic heterocycles. The Morgan fingerprint density at radius 2 is 1.90 bits per heavy atom. The summed E-state index contributed by atoms with van der Waals surface area (Å²) in [6.45, 7) is 8.34. The number of benzene rings is 2. The van der Waals surface area contributed by atoms with Gasteiger partial charge < -0.3 is 10.1 Å². The zero-order valence-electron chi connectivity index (χ0n) is 17.4. The molecule has 0 aromatic heterocycles. The van der Waals surface area contributed by atoms with Gasteiger partial charge in [-0.15, -0.1) is 0 Å². The molecular weight excluding hydrogens is 367 g/mol. The van der Waals surface area contributed by atoms with Gasteiger partial charge in [-0.3, -0.25) is 4.90 Å². The number of alkyl carbamates (subject to hydrolysis) is 1. The van der Waals surface area contributed by atoms with E-state index in [4.69, 9.17) is 4.74 Å². The normalized spacial score (nSPS) is 15.0. The third-order valence-corrected chi connectivity index (χ3v) is 4.75. The first-order chi connectivity index (χ1) is 13.8. The molecular formula is C24H29FN2O2. The number of carbonyl (C=O) groups is 1. The van der Waals surface area contributed by atoms with E-state index in [1.165, 1.54) is 11.6 Å². The Hall–Kier alpha value is -2.66. The van der Waals surface area contributed by atoms with Crippen LogP contribution in [0.25, 0.3) is 5.57 Å². The summed E-state index contributed by atoms with van der Waals surface area (Å²) < 4.78 is 19.7. The molecule has 2 aromatic carbocycles. The monoisotopic (exact) mass is 396 g/mol. The van der Waals surface area contributed by atoms with E-state index < -0.39 is 11.7 Å². The zero-order chi connectivity index (χ0) is 20.9. The van der Waals surface area contributed by atoms with Crippen LogP contribution >= 0.6 is 0 Å². The number of hydrogen-bond donors (Lipinski definition) is 1. The van der Waals surface area contributed by atoms with Crippen LogP contribution in [0.2, 0.25) is 0 Å². The fraction of sp³-hybridized carbons (Fsp3) is 0.375. The Kier molecular flexibility index (Phi) is 6.70. The number of rotatable bonds is 5. The maximum absolute atomic E-state index is 14.5. The van der Waals surface area contributed by atoms with Crippen LogP contribution in [0.5, 0.6) is 0 Å². The van der Waals surface area contributed by atoms with E-state index in [-0.39, 0.29) is 5.82 Å². The summed E-state index contributed by atoms with van der Waals surface area (Å²) in [5.41, 5.74) is 3.22. The molecule has 5 heteroatoms. The van der Waals surface area contributed by atoms with Crippen molar-refractivity contribution >= 4 is 11.7 Å². The predicted octanol–water partition coefficient (Wildman–Crippen LogP) is 5.14. The van der Waals surface area contributed by atoms with E-state index in [9.17, 15) is 9.18 Å². The second-order valence-electron chi connectivity index (χ2n) is 8.37. The molecule has 0 aliphatic carbocycles. The molecule has 0 fully saturated rings. The van der Waals surface area contributed by atoms with Crippen LogP contribution in [0.4, 0.5) is 9.18 Å². The topological polar surface area (TPSA) is 41.6 Å². The summed E-state index contributed by atoms with van der Waals surface area (Å²) in [5.74, 6) is -0.228. The summed E-state index contributed by atoms with van der Waals surface area (Å²) in [6.07, 6.45) is 2.43. The standard InChI is InChI=1S/C24H29FN2O2/c1-24(2,3)29-23(28)26-16-19-9-10-22(25)21(15-19)20-11-13-27(14-12-20)17-18-7-5-4-6-8-18/h4-11,15H,12-14,16-17H2,1-3H3,(H,26,28). The molecule has 3 rings (SSSR count). The van der Waals surface area contributed by atoms with Crippen molar-refractivity contribution in [3.63, 3.8) is 0 Å². The van der Waals surface area contributed by atoms with Gasteiger partial charge in [-0.05, 0) is 56.0 Å². The number of nitrogens with zero attached hydrogens (tertiary/aromatic N) is 1. The van der Waals surface area contributed by atoms with Crippen molar-refractivity contribution in [3.05, 3.63) is 77.1 Å². The van der Waals surface area contributed by atoms with Crippen molar-refractivity contribution in [2.45, 2.75) is 45.9 Å². The molecule has 0 radical (unpaired) electrons. The average molecular weight is 397 g/mol. The highest BCUT2D eigenvalue weighted by Gasteiger charge is 2.18. The number of nitrogens with one attached hydrogen (secondary N) is 1. The van der Waals surface area contributed by atoms with Gasteiger partial charge in [0.2, 0.25) is 0 Å². The number of amides is 1. The lowest BCUT2D eigenvalue weighted by Gasteiger charge is -2.27. The minimum atomic E-state index is -0.545. The molecule has 1 aliphatic rings. The second kappa shape index (κ2) is 9.23. The van der Waals surface area contributed by atoms with E-state index in [0.29, 0.717) is 12.1 Å². The van der Waals surface area contributed by atoms with Crippen LogP contribution in [0.15, 0.2) is 54.6 Å². The summed E-state index contributed by atoms with van der Waals surface area (Å²) in [7, 11) is 0. The predicted molar refractivity (Wildman–Crippen MR) is 114 cm³/mol. The largest absolute Gasteiger partial charge is 0.444 e. The van der Waals surface area contributed by atoms with Crippen LogP contribution in [0, 0.1) is 5.82 Å². The van der Waals surface area contributed by atoms with Gasteiger partial charge in [-0.2, -0.15) is 0 Å². The van der Waals surface area contributed by atoms with Crippen molar-refractivity contribution in [1.82, 2.24) is 10.2 Å². The van der Waals surface area contributed by atoms with E-state index >= 15 is 0 Å². The molecule has 1 heterocycles. The number of ether oxygens (including phenoxy) is 1. The molecule has 2 aromatic rings. The quantitative estimate of drug-likeness (QED) is 0.761. The van der Waals surface area contributed by atoms with Gasteiger partial charge in [0.25, 0.3) is 0 Å². The molecule has 0 spiro atoms. The fourth-order valence-corrected chi connectivity index (χ4v) is 3.36. The van der Waals surface area contributed by atoms with Crippen LogP contribution in [-0.4, -0.2) is 29.7 Å². The van der Waals surface area contributed by atoms with Crippen molar-refractivity contribution in [3.8, 4) is 0 Å². The summed E-state index contributed by atoms with van der Waals surface area (Å²) >= 11 is 0. The molecule has 4 nitrogen and oxygen atoms in total. The van der Waals surface area contributed by atoms with Gasteiger partial charge in [0.05, 0.1) is 0 Å². The van der Waals surface area contributed by atoms with E-state index in [0.717, 1.165) is 37.2 Å². The molecule has 0 saturated heterocycles. The minimum absolute atomic E-state index is 0.228. The highest BCUT2D eigenvalue weighted by Crippen LogP contribution is 2.26. The van der Waals surface area contributed by atoms with Crippen molar-refractivity contribution in [2.24, 2.45) is 0 Å². The minimum Gasteiger partial charge on any atom is -0.444 e.